The van der Waals surface area contributed by atoms with Gasteiger partial charge in [-0.25, -0.2) is 0 Å². The number of hydrogen-bond donors (Lipinski definition) is 2. The second-order valence-electron chi connectivity index (χ2n) is 4.48. The molecule has 0 aromatic heterocycles. The van der Waals surface area contributed by atoms with Crippen LogP contribution in [0.4, 0.5) is 0 Å². The lowest BCUT2D eigenvalue weighted by atomic mass is 9.88. The molecular formula is C14H23NO. The van der Waals surface area contributed by atoms with Crippen molar-refractivity contribution < 1.29 is 5.11 Å². The summed E-state index contributed by atoms with van der Waals surface area (Å²) >= 11 is 0. The normalized spacial score (nSPS) is 16.8. The smallest absolute Gasteiger partial charge is 0.102 e. The van der Waals surface area contributed by atoms with E-state index in [-0.39, 0.29) is 6.04 Å². The van der Waals surface area contributed by atoms with Crippen LogP contribution in [-0.4, -0.2) is 17.7 Å². The van der Waals surface area contributed by atoms with E-state index < -0.39 is 5.60 Å². The molecule has 0 saturated carbocycles. The van der Waals surface area contributed by atoms with Gasteiger partial charge in [0.2, 0.25) is 0 Å². The van der Waals surface area contributed by atoms with Gasteiger partial charge < -0.3 is 10.4 Å². The number of benzene rings is 1. The quantitative estimate of drug-likeness (QED) is 0.800. The van der Waals surface area contributed by atoms with Crippen molar-refractivity contribution in [2.75, 3.05) is 6.54 Å². The SMILES string of the molecule is CCNC(C)C(C)(O)c1ccc(CC)cc1. The van der Waals surface area contributed by atoms with Crippen molar-refractivity contribution >= 4 is 0 Å². The van der Waals surface area contributed by atoms with Gasteiger partial charge in [-0.05, 0) is 37.9 Å². The molecule has 0 spiro atoms. The highest BCUT2D eigenvalue weighted by Crippen LogP contribution is 2.24. The fourth-order valence-electron chi connectivity index (χ4n) is 1.83. The first-order chi connectivity index (χ1) is 7.52. The minimum atomic E-state index is -0.817. The van der Waals surface area contributed by atoms with Gasteiger partial charge in [-0.3, -0.25) is 0 Å². The number of hydrogen-bond acceptors (Lipinski definition) is 2. The molecule has 90 valence electrons. The van der Waals surface area contributed by atoms with Crippen molar-refractivity contribution in [1.29, 1.82) is 0 Å². The van der Waals surface area contributed by atoms with Crippen molar-refractivity contribution in [3.8, 4) is 0 Å². The van der Waals surface area contributed by atoms with Crippen LogP contribution in [0.2, 0.25) is 0 Å². The van der Waals surface area contributed by atoms with E-state index in [0.717, 1.165) is 18.5 Å². The van der Waals surface area contributed by atoms with Gasteiger partial charge in [0.25, 0.3) is 0 Å². The molecule has 2 atom stereocenters. The first-order valence-electron chi connectivity index (χ1n) is 6.07. The maximum absolute atomic E-state index is 10.5. The minimum Gasteiger partial charge on any atom is -0.384 e. The number of nitrogens with one attached hydrogen (secondary N) is 1. The van der Waals surface area contributed by atoms with E-state index in [1.54, 1.807) is 0 Å². The average Bonchev–Trinajstić information content (AvgIpc) is 2.29. The summed E-state index contributed by atoms with van der Waals surface area (Å²) in [6.45, 7) is 8.92. The minimum absolute atomic E-state index is 0.0463. The third kappa shape index (κ3) is 2.83. The molecule has 0 bridgehead atoms. The zero-order valence-electron chi connectivity index (χ0n) is 10.7. The summed E-state index contributed by atoms with van der Waals surface area (Å²) in [6, 6.07) is 8.26. The molecule has 1 aromatic rings. The van der Waals surface area contributed by atoms with Crippen molar-refractivity contribution in [3.63, 3.8) is 0 Å². The molecule has 0 saturated heterocycles. The van der Waals surface area contributed by atoms with E-state index in [2.05, 4.69) is 24.4 Å². The Morgan fingerprint density at radius 2 is 1.81 bits per heavy atom. The van der Waals surface area contributed by atoms with Crippen LogP contribution in [0, 0.1) is 0 Å². The maximum atomic E-state index is 10.5. The summed E-state index contributed by atoms with van der Waals surface area (Å²) in [6.07, 6.45) is 1.03. The number of aliphatic hydroxyl groups is 1. The summed E-state index contributed by atoms with van der Waals surface area (Å²) in [5.74, 6) is 0. The van der Waals surface area contributed by atoms with Gasteiger partial charge in [-0.15, -0.1) is 0 Å². The standard InChI is InChI=1S/C14H23NO/c1-5-12-7-9-13(10-8-12)14(4,16)11(3)15-6-2/h7-11,15-16H,5-6H2,1-4H3. The van der Waals surface area contributed by atoms with Crippen LogP contribution in [0.25, 0.3) is 0 Å². The van der Waals surface area contributed by atoms with Crippen LogP contribution in [0.15, 0.2) is 24.3 Å². The van der Waals surface area contributed by atoms with Gasteiger partial charge in [-0.1, -0.05) is 38.1 Å². The fraction of sp³-hybridized carbons (Fsp3) is 0.571. The fourth-order valence-corrected chi connectivity index (χ4v) is 1.83. The lowest BCUT2D eigenvalue weighted by molar-refractivity contribution is 0.0221. The summed E-state index contributed by atoms with van der Waals surface area (Å²) in [4.78, 5) is 0. The Labute approximate surface area is 98.7 Å². The molecule has 2 N–H and O–H groups in total. The summed E-state index contributed by atoms with van der Waals surface area (Å²) < 4.78 is 0. The van der Waals surface area contributed by atoms with E-state index in [0.29, 0.717) is 0 Å². The molecule has 1 aromatic carbocycles. The number of rotatable bonds is 5. The molecule has 0 fully saturated rings. The van der Waals surface area contributed by atoms with Crippen molar-refractivity contribution in [1.82, 2.24) is 5.32 Å². The average molecular weight is 221 g/mol. The third-order valence-electron chi connectivity index (χ3n) is 3.30. The van der Waals surface area contributed by atoms with Gasteiger partial charge in [0, 0.05) is 6.04 Å². The van der Waals surface area contributed by atoms with E-state index in [1.165, 1.54) is 5.56 Å². The summed E-state index contributed by atoms with van der Waals surface area (Å²) in [5.41, 5.74) is 1.45. The highest BCUT2D eigenvalue weighted by Gasteiger charge is 2.29. The molecule has 2 unspecified atom stereocenters. The highest BCUT2D eigenvalue weighted by atomic mass is 16.3. The summed E-state index contributed by atoms with van der Waals surface area (Å²) in [7, 11) is 0. The van der Waals surface area contributed by atoms with Crippen LogP contribution in [-0.2, 0) is 12.0 Å². The second-order valence-corrected chi connectivity index (χ2v) is 4.48. The van der Waals surface area contributed by atoms with Crippen molar-refractivity contribution in [3.05, 3.63) is 35.4 Å². The Morgan fingerprint density at radius 3 is 2.25 bits per heavy atom. The Balaban J connectivity index is 2.88. The molecule has 0 radical (unpaired) electrons. The third-order valence-corrected chi connectivity index (χ3v) is 3.30. The number of aryl methyl sites for hydroxylation is 1. The predicted octanol–water partition coefficient (Wildman–Crippen LogP) is 2.45. The Kier molecular flexibility index (Phi) is 4.51. The zero-order chi connectivity index (χ0) is 12.2. The highest BCUT2D eigenvalue weighted by molar-refractivity contribution is 5.28. The van der Waals surface area contributed by atoms with Crippen LogP contribution in [0.3, 0.4) is 0 Å². The van der Waals surface area contributed by atoms with Gasteiger partial charge >= 0.3 is 0 Å². The molecule has 2 heteroatoms. The van der Waals surface area contributed by atoms with E-state index in [1.807, 2.05) is 32.9 Å². The molecule has 1 rings (SSSR count). The summed E-state index contributed by atoms with van der Waals surface area (Å²) in [5, 5.41) is 13.7. The van der Waals surface area contributed by atoms with E-state index in [4.69, 9.17) is 0 Å². The lowest BCUT2D eigenvalue weighted by Gasteiger charge is -2.31. The molecular weight excluding hydrogens is 198 g/mol. The maximum Gasteiger partial charge on any atom is 0.102 e. The second kappa shape index (κ2) is 5.46. The van der Waals surface area contributed by atoms with Crippen molar-refractivity contribution in [2.45, 2.75) is 45.8 Å². The van der Waals surface area contributed by atoms with Crippen LogP contribution in [0.5, 0.6) is 0 Å². The van der Waals surface area contributed by atoms with Crippen molar-refractivity contribution in [2.24, 2.45) is 0 Å². The van der Waals surface area contributed by atoms with Gasteiger partial charge in [0.05, 0.1) is 0 Å². The van der Waals surface area contributed by atoms with Gasteiger partial charge in [0.15, 0.2) is 0 Å². The molecule has 2 nitrogen and oxygen atoms in total. The Hall–Kier alpha value is -0.860. The van der Waals surface area contributed by atoms with Crippen LogP contribution >= 0.6 is 0 Å². The van der Waals surface area contributed by atoms with Crippen LogP contribution in [0.1, 0.15) is 38.8 Å². The first-order valence-corrected chi connectivity index (χ1v) is 6.07. The molecule has 0 amide bonds. The topological polar surface area (TPSA) is 32.3 Å². The molecule has 0 heterocycles. The molecule has 0 aliphatic heterocycles. The molecule has 16 heavy (non-hydrogen) atoms. The first kappa shape index (κ1) is 13.2. The lowest BCUT2D eigenvalue weighted by Crippen LogP contribution is -2.44. The Bertz CT molecular complexity index is 316. The zero-order valence-corrected chi connectivity index (χ0v) is 10.7. The molecule has 0 aliphatic carbocycles. The largest absolute Gasteiger partial charge is 0.384 e. The monoisotopic (exact) mass is 221 g/mol. The van der Waals surface area contributed by atoms with Gasteiger partial charge in [0.1, 0.15) is 5.60 Å². The van der Waals surface area contributed by atoms with Crippen LogP contribution < -0.4 is 5.32 Å². The van der Waals surface area contributed by atoms with E-state index >= 15 is 0 Å². The number of likely N-dealkylation sites (N-methyl/N-ethyl adjacent to an activating group) is 1. The Morgan fingerprint density at radius 1 is 1.25 bits per heavy atom. The van der Waals surface area contributed by atoms with E-state index in [9.17, 15) is 5.11 Å². The molecule has 0 aliphatic rings. The van der Waals surface area contributed by atoms with Gasteiger partial charge in [-0.2, -0.15) is 0 Å². The predicted molar refractivity (Wildman–Crippen MR) is 68.5 cm³/mol.